The minimum Gasteiger partial charge on any atom is -0.494 e. The van der Waals surface area contributed by atoms with E-state index in [0.717, 1.165) is 0 Å². The number of aromatic nitrogens is 1. The zero-order valence-electron chi connectivity index (χ0n) is 11.5. The summed E-state index contributed by atoms with van der Waals surface area (Å²) in [6, 6.07) is 4.92. The number of rotatable bonds is 5. The third-order valence-corrected chi connectivity index (χ3v) is 2.57. The lowest BCUT2D eigenvalue weighted by molar-refractivity contribution is 0.0946. The molecule has 6 heteroatoms. The van der Waals surface area contributed by atoms with Crippen molar-refractivity contribution in [2.24, 2.45) is 0 Å². The molecular weight excluding hydrogens is 258 g/mol. The van der Waals surface area contributed by atoms with Gasteiger partial charge in [-0.3, -0.25) is 4.79 Å². The van der Waals surface area contributed by atoms with Gasteiger partial charge >= 0.3 is 0 Å². The van der Waals surface area contributed by atoms with E-state index in [2.05, 4.69) is 10.3 Å². The van der Waals surface area contributed by atoms with Crippen LogP contribution in [0.5, 0.6) is 5.75 Å². The fraction of sp³-hybridized carbons (Fsp3) is 0.286. The Labute approximate surface area is 116 Å². The molecule has 20 heavy (non-hydrogen) atoms. The fourth-order valence-corrected chi connectivity index (χ4v) is 1.74. The first-order valence-corrected chi connectivity index (χ1v) is 6.31. The SMILES string of the molecule is CCOc1cc(N)cc(C(=O)NCc2ncc(C)o2)c1. The quantitative estimate of drug-likeness (QED) is 0.813. The van der Waals surface area contributed by atoms with Gasteiger partial charge < -0.3 is 20.2 Å². The maximum Gasteiger partial charge on any atom is 0.251 e. The van der Waals surface area contributed by atoms with E-state index in [1.54, 1.807) is 31.3 Å². The van der Waals surface area contributed by atoms with E-state index in [1.807, 2.05) is 6.92 Å². The normalized spacial score (nSPS) is 10.3. The molecule has 0 aliphatic carbocycles. The lowest BCUT2D eigenvalue weighted by Gasteiger charge is -2.08. The smallest absolute Gasteiger partial charge is 0.251 e. The number of benzene rings is 1. The number of aryl methyl sites for hydroxylation is 1. The minimum atomic E-state index is -0.255. The second kappa shape index (κ2) is 6.10. The van der Waals surface area contributed by atoms with Crippen molar-refractivity contribution in [3.63, 3.8) is 0 Å². The molecular formula is C14H17N3O3. The summed E-state index contributed by atoms with van der Waals surface area (Å²) in [5, 5.41) is 2.72. The molecule has 0 radical (unpaired) electrons. The molecule has 0 fully saturated rings. The Hall–Kier alpha value is -2.50. The van der Waals surface area contributed by atoms with Gasteiger partial charge in [-0.1, -0.05) is 0 Å². The maximum atomic E-state index is 12.0. The molecule has 0 saturated carbocycles. The van der Waals surface area contributed by atoms with Crippen LogP contribution in [0.15, 0.2) is 28.8 Å². The monoisotopic (exact) mass is 275 g/mol. The van der Waals surface area contributed by atoms with Crippen molar-refractivity contribution in [1.82, 2.24) is 10.3 Å². The molecule has 2 rings (SSSR count). The van der Waals surface area contributed by atoms with Crippen LogP contribution in [-0.2, 0) is 6.54 Å². The third-order valence-electron chi connectivity index (χ3n) is 2.57. The van der Waals surface area contributed by atoms with Gasteiger partial charge in [-0.25, -0.2) is 4.98 Å². The highest BCUT2D eigenvalue weighted by molar-refractivity contribution is 5.95. The lowest BCUT2D eigenvalue weighted by Crippen LogP contribution is -2.23. The van der Waals surface area contributed by atoms with Gasteiger partial charge in [0.25, 0.3) is 5.91 Å². The van der Waals surface area contributed by atoms with Crippen molar-refractivity contribution in [3.8, 4) is 5.75 Å². The number of nitrogens with zero attached hydrogens (tertiary/aromatic N) is 1. The average Bonchev–Trinajstić information content (AvgIpc) is 2.81. The van der Waals surface area contributed by atoms with E-state index in [0.29, 0.717) is 35.3 Å². The van der Waals surface area contributed by atoms with Gasteiger partial charge in [-0.05, 0) is 26.0 Å². The molecule has 106 valence electrons. The van der Waals surface area contributed by atoms with Gasteiger partial charge in [0.2, 0.25) is 5.89 Å². The molecule has 2 aromatic rings. The Bertz CT molecular complexity index is 607. The molecule has 0 atom stereocenters. The summed E-state index contributed by atoms with van der Waals surface area (Å²) in [4.78, 5) is 16.1. The Balaban J connectivity index is 2.04. The zero-order valence-corrected chi connectivity index (χ0v) is 11.5. The summed E-state index contributed by atoms with van der Waals surface area (Å²) in [6.45, 7) is 4.41. The van der Waals surface area contributed by atoms with Gasteiger partial charge in [-0.15, -0.1) is 0 Å². The van der Waals surface area contributed by atoms with Crippen molar-refractivity contribution < 1.29 is 13.9 Å². The van der Waals surface area contributed by atoms with Gasteiger partial charge in [0.15, 0.2) is 0 Å². The molecule has 0 saturated heterocycles. The van der Waals surface area contributed by atoms with Crippen LogP contribution in [0.3, 0.4) is 0 Å². The lowest BCUT2D eigenvalue weighted by atomic mass is 10.1. The molecule has 0 aliphatic rings. The van der Waals surface area contributed by atoms with Crippen LogP contribution in [0, 0.1) is 6.92 Å². The van der Waals surface area contributed by atoms with Crippen LogP contribution in [0.1, 0.15) is 28.9 Å². The molecule has 0 spiro atoms. The summed E-state index contributed by atoms with van der Waals surface area (Å²) in [5.41, 5.74) is 6.67. The molecule has 1 amide bonds. The zero-order chi connectivity index (χ0) is 14.5. The van der Waals surface area contributed by atoms with Gasteiger partial charge in [-0.2, -0.15) is 0 Å². The molecule has 1 aromatic carbocycles. The van der Waals surface area contributed by atoms with Crippen molar-refractivity contribution in [1.29, 1.82) is 0 Å². The Kier molecular flexibility index (Phi) is 4.24. The largest absolute Gasteiger partial charge is 0.494 e. The number of carbonyl (C=O) groups excluding carboxylic acids is 1. The summed E-state index contributed by atoms with van der Waals surface area (Å²) >= 11 is 0. The summed E-state index contributed by atoms with van der Waals surface area (Å²) in [6.07, 6.45) is 1.61. The predicted octanol–water partition coefficient (Wildman–Crippen LogP) is 1.89. The van der Waals surface area contributed by atoms with E-state index in [9.17, 15) is 4.79 Å². The predicted molar refractivity (Wildman–Crippen MR) is 74.4 cm³/mol. The van der Waals surface area contributed by atoms with E-state index in [1.165, 1.54) is 0 Å². The van der Waals surface area contributed by atoms with Crippen LogP contribution in [0.2, 0.25) is 0 Å². The Morgan fingerprint density at radius 3 is 2.90 bits per heavy atom. The number of nitrogen functional groups attached to an aromatic ring is 1. The molecule has 1 heterocycles. The first kappa shape index (κ1) is 13.9. The van der Waals surface area contributed by atoms with Crippen LogP contribution >= 0.6 is 0 Å². The van der Waals surface area contributed by atoms with E-state index in [4.69, 9.17) is 14.9 Å². The second-order valence-electron chi connectivity index (χ2n) is 4.27. The third kappa shape index (κ3) is 3.50. The molecule has 6 nitrogen and oxygen atoms in total. The number of hydrogen-bond acceptors (Lipinski definition) is 5. The minimum absolute atomic E-state index is 0.228. The molecule has 0 bridgehead atoms. The van der Waals surface area contributed by atoms with Gasteiger partial charge in [0, 0.05) is 17.3 Å². The van der Waals surface area contributed by atoms with Gasteiger partial charge in [0.1, 0.15) is 11.5 Å². The highest BCUT2D eigenvalue weighted by Crippen LogP contribution is 2.19. The number of carbonyl (C=O) groups is 1. The van der Waals surface area contributed by atoms with Crippen molar-refractivity contribution in [2.45, 2.75) is 20.4 Å². The highest BCUT2D eigenvalue weighted by Gasteiger charge is 2.10. The highest BCUT2D eigenvalue weighted by atomic mass is 16.5. The Morgan fingerprint density at radius 1 is 1.45 bits per heavy atom. The molecule has 0 aliphatic heterocycles. The average molecular weight is 275 g/mol. The molecule has 3 N–H and O–H groups in total. The first-order chi connectivity index (χ1) is 9.58. The number of hydrogen-bond donors (Lipinski definition) is 2. The van der Waals surface area contributed by atoms with E-state index in [-0.39, 0.29) is 12.5 Å². The van der Waals surface area contributed by atoms with Crippen LogP contribution in [0.4, 0.5) is 5.69 Å². The number of amides is 1. The number of oxazole rings is 1. The number of nitrogens with one attached hydrogen (secondary N) is 1. The van der Waals surface area contributed by atoms with E-state index >= 15 is 0 Å². The summed E-state index contributed by atoms with van der Waals surface area (Å²) < 4.78 is 10.6. The van der Waals surface area contributed by atoms with Crippen molar-refractivity contribution >= 4 is 11.6 Å². The van der Waals surface area contributed by atoms with Crippen molar-refractivity contribution in [2.75, 3.05) is 12.3 Å². The standard InChI is InChI=1S/C14H17N3O3/c1-3-19-12-5-10(4-11(15)6-12)14(18)17-8-13-16-7-9(2)20-13/h4-7H,3,8,15H2,1-2H3,(H,17,18). The van der Waals surface area contributed by atoms with Crippen LogP contribution in [-0.4, -0.2) is 17.5 Å². The van der Waals surface area contributed by atoms with Gasteiger partial charge in [0.05, 0.1) is 19.3 Å². The number of ether oxygens (including phenoxy) is 1. The van der Waals surface area contributed by atoms with Crippen molar-refractivity contribution in [3.05, 3.63) is 41.6 Å². The molecule has 1 aromatic heterocycles. The first-order valence-electron chi connectivity index (χ1n) is 6.31. The molecule has 0 unspecified atom stereocenters. The number of anilines is 1. The maximum absolute atomic E-state index is 12.0. The van der Waals surface area contributed by atoms with Crippen LogP contribution in [0.25, 0.3) is 0 Å². The number of nitrogens with two attached hydrogens (primary N) is 1. The van der Waals surface area contributed by atoms with E-state index < -0.39 is 0 Å². The summed E-state index contributed by atoms with van der Waals surface area (Å²) in [5.74, 6) is 1.49. The Morgan fingerprint density at radius 2 is 2.25 bits per heavy atom. The van der Waals surface area contributed by atoms with Crippen LogP contribution < -0.4 is 15.8 Å². The summed E-state index contributed by atoms with van der Waals surface area (Å²) in [7, 11) is 0. The fourth-order valence-electron chi connectivity index (χ4n) is 1.74. The topological polar surface area (TPSA) is 90.4 Å². The second-order valence-corrected chi connectivity index (χ2v) is 4.27.